The van der Waals surface area contributed by atoms with Gasteiger partial charge in [-0.25, -0.2) is 0 Å². The number of hydrogen-bond donors (Lipinski definition) is 1. The first-order valence-corrected chi connectivity index (χ1v) is 12.1. The van der Waals surface area contributed by atoms with Crippen LogP contribution in [0.1, 0.15) is 36.8 Å². The van der Waals surface area contributed by atoms with Crippen LogP contribution in [0.5, 0.6) is 0 Å². The Morgan fingerprint density at radius 3 is 2.43 bits per heavy atom. The predicted octanol–water partition coefficient (Wildman–Crippen LogP) is 1.41. The molecule has 0 aliphatic carbocycles. The summed E-state index contributed by atoms with van der Waals surface area (Å²) in [5, 5.41) is 2.97. The number of carbonyl (C=O) groups is 1. The van der Waals surface area contributed by atoms with E-state index in [4.69, 9.17) is 9.47 Å². The molecule has 1 spiro atoms. The van der Waals surface area contributed by atoms with Crippen molar-refractivity contribution in [3.63, 3.8) is 0 Å². The van der Waals surface area contributed by atoms with Crippen LogP contribution >= 0.6 is 0 Å². The maximum Gasteiger partial charge on any atom is 0.282 e. The van der Waals surface area contributed by atoms with E-state index >= 15 is 0 Å². The Bertz CT molecular complexity index is 842. The van der Waals surface area contributed by atoms with Crippen molar-refractivity contribution in [3.8, 4) is 0 Å². The summed E-state index contributed by atoms with van der Waals surface area (Å²) in [5.41, 5.74) is 2.21. The average molecular weight is 438 g/mol. The lowest BCUT2D eigenvalue weighted by Crippen LogP contribution is -2.54. The molecule has 3 aliphatic rings. The second-order valence-electron chi connectivity index (χ2n) is 8.42. The van der Waals surface area contributed by atoms with Crippen LogP contribution in [0, 0.1) is 12.8 Å². The number of aryl methyl sites for hydroxylation is 1. The largest absolute Gasteiger partial charge is 0.352 e. The molecule has 1 aromatic carbocycles. The van der Waals surface area contributed by atoms with E-state index in [9.17, 15) is 13.2 Å². The zero-order valence-corrected chi connectivity index (χ0v) is 18.3. The highest BCUT2D eigenvalue weighted by atomic mass is 32.2. The van der Waals surface area contributed by atoms with Crippen molar-refractivity contribution in [3.05, 3.63) is 35.4 Å². The van der Waals surface area contributed by atoms with Crippen LogP contribution in [-0.2, 0) is 31.0 Å². The van der Waals surface area contributed by atoms with Crippen LogP contribution in [0.15, 0.2) is 24.3 Å². The van der Waals surface area contributed by atoms with E-state index < -0.39 is 16.0 Å². The van der Waals surface area contributed by atoms with Gasteiger partial charge in [-0.15, -0.1) is 0 Å². The van der Waals surface area contributed by atoms with Gasteiger partial charge in [-0.2, -0.15) is 17.0 Å². The monoisotopic (exact) mass is 437 g/mol. The van der Waals surface area contributed by atoms with Crippen molar-refractivity contribution in [2.45, 2.75) is 44.9 Å². The number of carbonyl (C=O) groups excluding carboxylic acids is 1. The summed E-state index contributed by atoms with van der Waals surface area (Å²) in [7, 11) is -3.59. The Balaban J connectivity index is 1.32. The summed E-state index contributed by atoms with van der Waals surface area (Å²) in [5.74, 6) is -1.01. The van der Waals surface area contributed by atoms with Gasteiger partial charge in [0.2, 0.25) is 5.91 Å². The number of rotatable bonds is 5. The molecule has 0 radical (unpaired) electrons. The molecule has 0 aromatic heterocycles. The first-order valence-electron chi connectivity index (χ1n) is 10.7. The maximum atomic E-state index is 13.2. The van der Waals surface area contributed by atoms with Crippen molar-refractivity contribution in [1.29, 1.82) is 0 Å². The van der Waals surface area contributed by atoms with Crippen LogP contribution in [-0.4, -0.2) is 68.1 Å². The zero-order valence-electron chi connectivity index (χ0n) is 17.5. The Morgan fingerprint density at radius 2 is 1.77 bits per heavy atom. The standard InChI is InChI=1S/C21H31N3O5S/c1-17-4-6-18(7-5-17)15-22-20(25)19-3-2-10-24(16-19)30(26,27)23-11-8-21(9-12-23)28-13-14-29-21/h4-7,19H,2-3,8-16H2,1H3,(H,22,25). The molecule has 1 unspecified atom stereocenters. The minimum Gasteiger partial charge on any atom is -0.352 e. The molecule has 3 aliphatic heterocycles. The van der Waals surface area contributed by atoms with Crippen LogP contribution in [0.3, 0.4) is 0 Å². The van der Waals surface area contributed by atoms with Crippen LogP contribution < -0.4 is 5.32 Å². The van der Waals surface area contributed by atoms with E-state index in [1.165, 1.54) is 14.2 Å². The van der Waals surface area contributed by atoms with E-state index in [1.807, 2.05) is 31.2 Å². The first kappa shape index (κ1) is 21.7. The van der Waals surface area contributed by atoms with E-state index in [0.29, 0.717) is 65.1 Å². The molecule has 9 heteroatoms. The second-order valence-corrected chi connectivity index (χ2v) is 10.3. The van der Waals surface area contributed by atoms with Gasteiger partial charge in [0.15, 0.2) is 5.79 Å². The van der Waals surface area contributed by atoms with Crippen molar-refractivity contribution >= 4 is 16.1 Å². The topological polar surface area (TPSA) is 88.2 Å². The fraction of sp³-hybridized carbons (Fsp3) is 0.667. The van der Waals surface area contributed by atoms with Crippen molar-refractivity contribution < 1.29 is 22.7 Å². The van der Waals surface area contributed by atoms with Crippen LogP contribution in [0.4, 0.5) is 0 Å². The fourth-order valence-corrected chi connectivity index (χ4v) is 6.11. The predicted molar refractivity (Wildman–Crippen MR) is 112 cm³/mol. The summed E-state index contributed by atoms with van der Waals surface area (Å²) in [6.07, 6.45) is 2.48. The third-order valence-corrected chi connectivity index (χ3v) is 8.29. The van der Waals surface area contributed by atoms with E-state index in [2.05, 4.69) is 5.32 Å². The normalized spacial score (nSPS) is 25.4. The highest BCUT2D eigenvalue weighted by molar-refractivity contribution is 7.86. The minimum atomic E-state index is -3.59. The third kappa shape index (κ3) is 4.70. The zero-order chi connectivity index (χ0) is 21.2. The lowest BCUT2D eigenvalue weighted by atomic mass is 9.98. The van der Waals surface area contributed by atoms with Crippen molar-refractivity contribution in [1.82, 2.24) is 13.9 Å². The average Bonchev–Trinajstić information content (AvgIpc) is 3.21. The van der Waals surface area contributed by atoms with E-state index in [-0.39, 0.29) is 18.4 Å². The molecule has 1 atom stereocenters. The summed E-state index contributed by atoms with van der Waals surface area (Å²) >= 11 is 0. The Kier molecular flexibility index (Phi) is 6.45. The van der Waals surface area contributed by atoms with Crippen molar-refractivity contribution in [2.24, 2.45) is 5.92 Å². The van der Waals surface area contributed by atoms with Gasteiger partial charge in [-0.1, -0.05) is 29.8 Å². The van der Waals surface area contributed by atoms with Gasteiger partial charge in [0.1, 0.15) is 0 Å². The molecule has 0 bridgehead atoms. The number of piperidine rings is 2. The molecule has 0 saturated carbocycles. The number of nitrogens with one attached hydrogen (secondary N) is 1. The molecule has 3 fully saturated rings. The lowest BCUT2D eigenvalue weighted by molar-refractivity contribution is -0.179. The Hall–Kier alpha value is -1.52. The first-order chi connectivity index (χ1) is 14.4. The number of benzene rings is 1. The Labute approximate surface area is 178 Å². The molecule has 1 amide bonds. The van der Waals surface area contributed by atoms with E-state index in [0.717, 1.165) is 5.56 Å². The molecule has 3 heterocycles. The van der Waals surface area contributed by atoms with Gasteiger partial charge in [-0.05, 0) is 25.3 Å². The highest BCUT2D eigenvalue weighted by Crippen LogP contribution is 2.33. The molecule has 8 nitrogen and oxygen atoms in total. The van der Waals surface area contributed by atoms with Gasteiger partial charge in [0.25, 0.3) is 10.2 Å². The number of amides is 1. The smallest absolute Gasteiger partial charge is 0.282 e. The maximum absolute atomic E-state index is 13.2. The number of nitrogens with zero attached hydrogens (tertiary/aromatic N) is 2. The molecule has 30 heavy (non-hydrogen) atoms. The van der Waals surface area contributed by atoms with Gasteiger partial charge >= 0.3 is 0 Å². The van der Waals surface area contributed by atoms with Crippen LogP contribution in [0.2, 0.25) is 0 Å². The third-order valence-electron chi connectivity index (χ3n) is 6.29. The fourth-order valence-electron chi connectivity index (χ4n) is 4.41. The summed E-state index contributed by atoms with van der Waals surface area (Å²) in [6, 6.07) is 8.02. The van der Waals surface area contributed by atoms with Crippen molar-refractivity contribution in [2.75, 3.05) is 39.4 Å². The summed E-state index contributed by atoms with van der Waals surface area (Å²) in [6.45, 7) is 5.06. The highest BCUT2D eigenvalue weighted by Gasteiger charge is 2.44. The second kappa shape index (κ2) is 8.92. The molecule has 1 aromatic rings. The molecular formula is C21H31N3O5S. The molecule has 3 saturated heterocycles. The SMILES string of the molecule is Cc1ccc(CNC(=O)C2CCCN(S(=O)(=O)N3CCC4(CC3)OCCO4)C2)cc1. The quantitative estimate of drug-likeness (QED) is 0.753. The lowest BCUT2D eigenvalue weighted by Gasteiger charge is -2.40. The summed E-state index contributed by atoms with van der Waals surface area (Å²) in [4.78, 5) is 12.7. The Morgan fingerprint density at radius 1 is 1.10 bits per heavy atom. The molecule has 1 N–H and O–H groups in total. The van der Waals surface area contributed by atoms with Gasteiger partial charge in [0.05, 0.1) is 19.1 Å². The van der Waals surface area contributed by atoms with Gasteiger partial charge < -0.3 is 14.8 Å². The van der Waals surface area contributed by atoms with Gasteiger partial charge in [0, 0.05) is 45.6 Å². The minimum absolute atomic E-state index is 0.0826. The van der Waals surface area contributed by atoms with Crippen LogP contribution in [0.25, 0.3) is 0 Å². The summed E-state index contributed by atoms with van der Waals surface area (Å²) < 4.78 is 40.7. The molecule has 4 rings (SSSR count). The van der Waals surface area contributed by atoms with Gasteiger partial charge in [-0.3, -0.25) is 4.79 Å². The van der Waals surface area contributed by atoms with E-state index in [1.54, 1.807) is 0 Å². The number of hydrogen-bond acceptors (Lipinski definition) is 5. The molecular weight excluding hydrogens is 406 g/mol. The molecule has 166 valence electrons. The number of ether oxygens (including phenoxy) is 2.